The van der Waals surface area contributed by atoms with Gasteiger partial charge in [0.25, 0.3) is 0 Å². The van der Waals surface area contributed by atoms with Crippen molar-refractivity contribution in [1.29, 1.82) is 0 Å². The molecule has 0 spiro atoms. The van der Waals surface area contributed by atoms with Crippen LogP contribution < -0.4 is 9.46 Å². The maximum atomic E-state index is 12.6. The number of halogens is 1. The van der Waals surface area contributed by atoms with E-state index in [0.29, 0.717) is 11.4 Å². The van der Waals surface area contributed by atoms with Crippen LogP contribution in [0.3, 0.4) is 0 Å². The first-order valence-corrected chi connectivity index (χ1v) is 8.60. The van der Waals surface area contributed by atoms with Crippen molar-refractivity contribution in [2.24, 2.45) is 5.41 Å². The van der Waals surface area contributed by atoms with Crippen molar-refractivity contribution in [3.63, 3.8) is 0 Å². The van der Waals surface area contributed by atoms with Gasteiger partial charge >= 0.3 is 0 Å². The fourth-order valence-electron chi connectivity index (χ4n) is 2.64. The van der Waals surface area contributed by atoms with Gasteiger partial charge in [-0.3, -0.25) is 0 Å². The van der Waals surface area contributed by atoms with Gasteiger partial charge < -0.3 is 4.74 Å². The number of nitrogens with one attached hydrogen (secondary N) is 1. The fourth-order valence-corrected chi connectivity index (χ4v) is 4.49. The van der Waals surface area contributed by atoms with Gasteiger partial charge in [0.2, 0.25) is 10.0 Å². The molecule has 0 aliphatic heterocycles. The molecular weight excluding hydrogens is 310 g/mol. The van der Waals surface area contributed by atoms with Gasteiger partial charge in [0.15, 0.2) is 0 Å². The minimum absolute atomic E-state index is 0.00440. The van der Waals surface area contributed by atoms with Crippen LogP contribution >= 0.6 is 11.6 Å². The van der Waals surface area contributed by atoms with E-state index in [0.717, 1.165) is 0 Å². The monoisotopic (exact) mass is 333 g/mol. The molecule has 0 bridgehead atoms. The Morgan fingerprint density at radius 3 is 2.24 bits per heavy atom. The third-order valence-electron chi connectivity index (χ3n) is 2.80. The molecule has 0 fully saturated rings. The Morgan fingerprint density at radius 2 is 1.76 bits per heavy atom. The molecule has 0 heterocycles. The largest absolute Gasteiger partial charge is 0.495 e. The van der Waals surface area contributed by atoms with E-state index < -0.39 is 15.6 Å². The molecule has 1 N–H and O–H groups in total. The van der Waals surface area contributed by atoms with Gasteiger partial charge in [0.05, 0.1) is 7.11 Å². The van der Waals surface area contributed by atoms with Crippen molar-refractivity contribution >= 4 is 21.6 Å². The number of rotatable bonds is 5. The highest BCUT2D eigenvalue weighted by molar-refractivity contribution is 7.89. The molecule has 0 aromatic heterocycles. The summed E-state index contributed by atoms with van der Waals surface area (Å²) in [5.41, 5.74) is -0.575. The molecule has 0 aliphatic rings. The molecule has 0 unspecified atom stereocenters. The molecule has 120 valence electrons. The van der Waals surface area contributed by atoms with Crippen LogP contribution in [0.1, 0.15) is 41.0 Å². The van der Waals surface area contributed by atoms with Crippen LogP contribution in [0, 0.1) is 5.41 Å². The van der Waals surface area contributed by atoms with Gasteiger partial charge in [-0.1, -0.05) is 32.4 Å². The summed E-state index contributed by atoms with van der Waals surface area (Å²) >= 11 is 5.91. The normalized spacial score (nSPS) is 13.3. The zero-order chi connectivity index (χ0) is 16.5. The summed E-state index contributed by atoms with van der Waals surface area (Å²) in [5, 5.41) is 0.352. The van der Waals surface area contributed by atoms with E-state index in [1.165, 1.54) is 13.2 Å². The Morgan fingerprint density at radius 1 is 1.19 bits per heavy atom. The number of hydrogen-bond donors (Lipinski definition) is 1. The minimum atomic E-state index is -3.72. The average Bonchev–Trinajstić information content (AvgIpc) is 2.23. The highest BCUT2D eigenvalue weighted by Gasteiger charge is 2.32. The van der Waals surface area contributed by atoms with Gasteiger partial charge in [0.1, 0.15) is 10.6 Å². The third-order valence-corrected chi connectivity index (χ3v) is 4.75. The van der Waals surface area contributed by atoms with Crippen LogP contribution in [0.15, 0.2) is 23.1 Å². The molecule has 1 aromatic rings. The Bertz CT molecular complexity index is 604. The minimum Gasteiger partial charge on any atom is -0.495 e. The number of sulfonamides is 1. The maximum absolute atomic E-state index is 12.6. The van der Waals surface area contributed by atoms with Crippen molar-refractivity contribution in [2.45, 2.75) is 51.5 Å². The first-order chi connectivity index (χ1) is 9.36. The topological polar surface area (TPSA) is 55.4 Å². The van der Waals surface area contributed by atoms with Crippen molar-refractivity contribution in [3.05, 3.63) is 23.2 Å². The molecule has 1 aromatic carbocycles. The fraction of sp³-hybridized carbons (Fsp3) is 0.600. The van der Waals surface area contributed by atoms with Gasteiger partial charge in [-0.25, -0.2) is 13.1 Å². The van der Waals surface area contributed by atoms with Crippen LogP contribution in [0.2, 0.25) is 5.02 Å². The quantitative estimate of drug-likeness (QED) is 0.890. The zero-order valence-corrected chi connectivity index (χ0v) is 15.0. The lowest BCUT2D eigenvalue weighted by molar-refractivity contribution is 0.269. The SMILES string of the molecule is COc1ccc(Cl)cc1S(=O)(=O)NC(C)(C)CC(C)(C)C. The van der Waals surface area contributed by atoms with Gasteiger partial charge in [-0.05, 0) is 43.9 Å². The van der Waals surface area contributed by atoms with Crippen molar-refractivity contribution in [2.75, 3.05) is 7.11 Å². The molecule has 0 atom stereocenters. The molecule has 6 heteroatoms. The van der Waals surface area contributed by atoms with E-state index in [1.54, 1.807) is 12.1 Å². The van der Waals surface area contributed by atoms with Gasteiger partial charge in [-0.15, -0.1) is 0 Å². The summed E-state index contributed by atoms with van der Waals surface area (Å²) < 4.78 is 33.1. The van der Waals surface area contributed by atoms with Crippen LogP contribution in [0.25, 0.3) is 0 Å². The van der Waals surface area contributed by atoms with Crippen molar-refractivity contribution < 1.29 is 13.2 Å². The van der Waals surface area contributed by atoms with Crippen molar-refractivity contribution in [1.82, 2.24) is 4.72 Å². The Labute approximate surface area is 132 Å². The number of hydrogen-bond acceptors (Lipinski definition) is 3. The lowest BCUT2D eigenvalue weighted by Gasteiger charge is -2.33. The lowest BCUT2D eigenvalue weighted by Crippen LogP contribution is -2.45. The first kappa shape index (κ1) is 18.3. The van der Waals surface area contributed by atoms with Crippen LogP contribution in [0.4, 0.5) is 0 Å². The standard InChI is InChI=1S/C15H24ClNO3S/c1-14(2,3)10-15(4,5)17-21(18,19)13-9-11(16)7-8-12(13)20-6/h7-9,17H,10H2,1-6H3. The predicted molar refractivity (Wildman–Crippen MR) is 86.5 cm³/mol. The summed E-state index contributed by atoms with van der Waals surface area (Å²) in [6, 6.07) is 4.54. The zero-order valence-electron chi connectivity index (χ0n) is 13.5. The number of benzene rings is 1. The summed E-state index contributed by atoms with van der Waals surface area (Å²) in [4.78, 5) is 0.0551. The summed E-state index contributed by atoms with van der Waals surface area (Å²) in [7, 11) is -2.28. The molecule has 0 radical (unpaired) electrons. The maximum Gasteiger partial charge on any atom is 0.244 e. The second kappa shape index (κ2) is 6.15. The van der Waals surface area contributed by atoms with Crippen LogP contribution in [0.5, 0.6) is 5.75 Å². The molecule has 0 saturated heterocycles. The smallest absolute Gasteiger partial charge is 0.244 e. The highest BCUT2D eigenvalue weighted by Crippen LogP contribution is 2.31. The molecular formula is C15H24ClNO3S. The molecule has 0 saturated carbocycles. The van der Waals surface area contributed by atoms with E-state index in [9.17, 15) is 8.42 Å². The molecule has 0 aliphatic carbocycles. The van der Waals surface area contributed by atoms with E-state index in [-0.39, 0.29) is 16.1 Å². The van der Waals surface area contributed by atoms with E-state index in [4.69, 9.17) is 16.3 Å². The summed E-state index contributed by atoms with van der Waals surface area (Å²) in [6.45, 7) is 9.95. The molecule has 1 rings (SSSR count). The lowest BCUT2D eigenvalue weighted by atomic mass is 9.82. The summed E-state index contributed by atoms with van der Waals surface area (Å²) in [5.74, 6) is 0.276. The van der Waals surface area contributed by atoms with Crippen molar-refractivity contribution in [3.8, 4) is 5.75 Å². The highest BCUT2D eigenvalue weighted by atomic mass is 35.5. The van der Waals surface area contributed by atoms with Gasteiger partial charge in [0, 0.05) is 10.6 Å². The average molecular weight is 334 g/mol. The Balaban J connectivity index is 3.15. The number of ether oxygens (including phenoxy) is 1. The molecule has 0 amide bonds. The second-order valence-corrected chi connectivity index (χ2v) is 9.11. The van der Waals surface area contributed by atoms with E-state index in [2.05, 4.69) is 25.5 Å². The third kappa shape index (κ3) is 5.49. The predicted octanol–water partition coefficient (Wildman–Crippen LogP) is 3.84. The summed E-state index contributed by atoms with van der Waals surface area (Å²) in [6.07, 6.45) is 0.697. The molecule has 21 heavy (non-hydrogen) atoms. The van der Waals surface area contributed by atoms with E-state index >= 15 is 0 Å². The second-order valence-electron chi connectivity index (χ2n) is 7.02. The first-order valence-electron chi connectivity index (χ1n) is 6.74. The van der Waals surface area contributed by atoms with Crippen LogP contribution in [-0.4, -0.2) is 21.1 Å². The molecule has 4 nitrogen and oxygen atoms in total. The van der Waals surface area contributed by atoms with Crippen LogP contribution in [-0.2, 0) is 10.0 Å². The number of methoxy groups -OCH3 is 1. The van der Waals surface area contributed by atoms with E-state index in [1.807, 2.05) is 13.8 Å². The Kier molecular flexibility index (Phi) is 5.35. The van der Waals surface area contributed by atoms with Gasteiger partial charge in [-0.2, -0.15) is 0 Å². The Hall–Kier alpha value is -0.780.